The monoisotopic (exact) mass is 350 g/mol. The van der Waals surface area contributed by atoms with Crippen molar-refractivity contribution in [3.05, 3.63) is 62.5 Å². The summed E-state index contributed by atoms with van der Waals surface area (Å²) in [6, 6.07) is 5.33. The van der Waals surface area contributed by atoms with Crippen LogP contribution in [0.3, 0.4) is 0 Å². The van der Waals surface area contributed by atoms with E-state index in [2.05, 4.69) is 4.98 Å². The molecule has 7 heteroatoms. The molecule has 1 aromatic carbocycles. The van der Waals surface area contributed by atoms with Crippen molar-refractivity contribution in [1.29, 1.82) is 0 Å². The van der Waals surface area contributed by atoms with Crippen LogP contribution in [0.25, 0.3) is 10.2 Å². The maximum absolute atomic E-state index is 13.1. The van der Waals surface area contributed by atoms with E-state index in [0.29, 0.717) is 10.2 Å². The highest BCUT2D eigenvalue weighted by Gasteiger charge is 2.33. The molecule has 24 heavy (non-hydrogen) atoms. The van der Waals surface area contributed by atoms with Gasteiger partial charge in [0.25, 0.3) is 5.56 Å². The molecule has 124 valence electrons. The molecule has 0 N–H and O–H groups in total. The number of hydrogen-bond acceptors (Lipinski definition) is 3. The van der Waals surface area contributed by atoms with Crippen molar-refractivity contribution >= 4 is 21.6 Å². The molecule has 0 aliphatic heterocycles. The summed E-state index contributed by atoms with van der Waals surface area (Å²) in [5.74, 6) is 0. The molecule has 2 heterocycles. The van der Waals surface area contributed by atoms with E-state index in [1.165, 1.54) is 39.2 Å². The first-order chi connectivity index (χ1) is 11.4. The van der Waals surface area contributed by atoms with Crippen molar-refractivity contribution in [2.45, 2.75) is 32.0 Å². The summed E-state index contributed by atoms with van der Waals surface area (Å²) in [6.07, 6.45) is -0.282. The summed E-state index contributed by atoms with van der Waals surface area (Å²) in [4.78, 5) is 18.9. The Kier molecular flexibility index (Phi) is 3.49. The number of nitrogens with zero attached hydrogens (tertiary/aromatic N) is 2. The molecule has 0 amide bonds. The maximum Gasteiger partial charge on any atom is 0.416 e. The Hall–Kier alpha value is -2.15. The molecule has 1 aliphatic rings. The third kappa shape index (κ3) is 2.43. The van der Waals surface area contributed by atoms with E-state index in [-0.39, 0.29) is 17.7 Å². The predicted octanol–water partition coefficient (Wildman–Crippen LogP) is 4.01. The third-order valence-corrected chi connectivity index (χ3v) is 5.56. The number of halogens is 3. The summed E-state index contributed by atoms with van der Waals surface area (Å²) in [7, 11) is 0. The van der Waals surface area contributed by atoms with E-state index in [1.807, 2.05) is 0 Å². The van der Waals surface area contributed by atoms with Crippen molar-refractivity contribution in [3.63, 3.8) is 0 Å². The molecule has 0 bridgehead atoms. The number of alkyl halides is 3. The summed E-state index contributed by atoms with van der Waals surface area (Å²) in [6.45, 7) is -0.137. The van der Waals surface area contributed by atoms with Gasteiger partial charge in [0, 0.05) is 4.88 Å². The van der Waals surface area contributed by atoms with Crippen LogP contribution >= 0.6 is 11.3 Å². The fraction of sp³-hybridized carbons (Fsp3) is 0.294. The fourth-order valence-electron chi connectivity index (χ4n) is 3.25. The van der Waals surface area contributed by atoms with Gasteiger partial charge in [-0.3, -0.25) is 9.36 Å². The SMILES string of the molecule is O=c1c2c3c(sc2ncn1Cc1ccccc1C(F)(F)F)CCC3. The van der Waals surface area contributed by atoms with Crippen molar-refractivity contribution in [2.75, 3.05) is 0 Å². The molecule has 1 aliphatic carbocycles. The number of benzene rings is 1. The lowest BCUT2D eigenvalue weighted by molar-refractivity contribution is -0.138. The van der Waals surface area contributed by atoms with Gasteiger partial charge in [0.2, 0.25) is 0 Å². The number of aryl methyl sites for hydroxylation is 2. The van der Waals surface area contributed by atoms with E-state index in [1.54, 1.807) is 6.07 Å². The second-order valence-corrected chi connectivity index (χ2v) is 6.95. The molecule has 3 nitrogen and oxygen atoms in total. The molecule has 0 fully saturated rings. The molecular formula is C17H13F3N2OS. The van der Waals surface area contributed by atoms with Gasteiger partial charge in [-0.2, -0.15) is 13.2 Å². The highest BCUT2D eigenvalue weighted by atomic mass is 32.1. The van der Waals surface area contributed by atoms with Crippen LogP contribution in [0, 0.1) is 0 Å². The Balaban J connectivity index is 1.82. The second kappa shape index (κ2) is 5.44. The lowest BCUT2D eigenvalue weighted by atomic mass is 10.1. The molecule has 4 rings (SSSR count). The average molecular weight is 350 g/mol. The van der Waals surface area contributed by atoms with E-state index < -0.39 is 11.7 Å². The quantitative estimate of drug-likeness (QED) is 0.700. The number of fused-ring (bicyclic) bond motifs is 3. The van der Waals surface area contributed by atoms with Gasteiger partial charge in [0.15, 0.2) is 0 Å². The van der Waals surface area contributed by atoms with Crippen LogP contribution in [0.5, 0.6) is 0 Å². The van der Waals surface area contributed by atoms with Gasteiger partial charge in [-0.05, 0) is 36.5 Å². The summed E-state index contributed by atoms with van der Waals surface area (Å²) < 4.78 is 40.7. The Morgan fingerprint density at radius 2 is 2.00 bits per heavy atom. The standard InChI is InChI=1S/C17H13F3N2OS/c18-17(19,20)12-6-2-1-4-10(12)8-22-9-21-15-14(16(22)23)11-5-3-7-13(11)24-15/h1-2,4,6,9H,3,5,7-8H2. The van der Waals surface area contributed by atoms with Crippen LogP contribution < -0.4 is 5.56 Å². The van der Waals surface area contributed by atoms with Crippen LogP contribution in [-0.4, -0.2) is 9.55 Å². The zero-order valence-corrected chi connectivity index (χ0v) is 13.4. The minimum absolute atomic E-state index is 0.0696. The molecule has 0 atom stereocenters. The minimum Gasteiger partial charge on any atom is -0.294 e. The second-order valence-electron chi connectivity index (χ2n) is 5.87. The largest absolute Gasteiger partial charge is 0.416 e. The number of aromatic nitrogens is 2. The highest BCUT2D eigenvalue weighted by Crippen LogP contribution is 2.35. The van der Waals surface area contributed by atoms with E-state index in [4.69, 9.17) is 0 Å². The normalized spacial score (nSPS) is 14.3. The summed E-state index contributed by atoms with van der Waals surface area (Å²) in [5, 5.41) is 0.583. The van der Waals surface area contributed by atoms with Crippen molar-refractivity contribution in [1.82, 2.24) is 9.55 Å². The molecule has 3 aromatic rings. The van der Waals surface area contributed by atoms with Crippen LogP contribution in [-0.2, 0) is 25.6 Å². The Bertz CT molecular complexity index is 988. The molecular weight excluding hydrogens is 337 g/mol. The van der Waals surface area contributed by atoms with E-state index in [9.17, 15) is 18.0 Å². The lowest BCUT2D eigenvalue weighted by Gasteiger charge is -2.13. The van der Waals surface area contributed by atoms with E-state index in [0.717, 1.165) is 30.9 Å². The number of thiophene rings is 1. The first kappa shape index (κ1) is 15.4. The van der Waals surface area contributed by atoms with Crippen molar-refractivity contribution < 1.29 is 13.2 Å². The van der Waals surface area contributed by atoms with Crippen LogP contribution in [0.1, 0.15) is 28.0 Å². The zero-order valence-electron chi connectivity index (χ0n) is 12.6. The van der Waals surface area contributed by atoms with Gasteiger partial charge in [-0.1, -0.05) is 18.2 Å². The maximum atomic E-state index is 13.1. The Morgan fingerprint density at radius 3 is 2.79 bits per heavy atom. The van der Waals surface area contributed by atoms with Crippen LogP contribution in [0.4, 0.5) is 13.2 Å². The molecule has 0 saturated heterocycles. The van der Waals surface area contributed by atoms with Gasteiger partial charge in [0.1, 0.15) is 4.83 Å². The van der Waals surface area contributed by atoms with Gasteiger partial charge < -0.3 is 0 Å². The van der Waals surface area contributed by atoms with Crippen molar-refractivity contribution in [2.24, 2.45) is 0 Å². The minimum atomic E-state index is -4.44. The van der Waals surface area contributed by atoms with Gasteiger partial charge in [0.05, 0.1) is 23.8 Å². The molecule has 0 unspecified atom stereocenters. The first-order valence-corrected chi connectivity index (χ1v) is 8.41. The number of hydrogen-bond donors (Lipinski definition) is 0. The highest BCUT2D eigenvalue weighted by molar-refractivity contribution is 7.18. The summed E-state index contributed by atoms with van der Waals surface area (Å²) in [5.41, 5.74) is 0.134. The Labute approximate surface area is 139 Å². The molecule has 0 radical (unpaired) electrons. The smallest absolute Gasteiger partial charge is 0.294 e. The fourth-order valence-corrected chi connectivity index (χ4v) is 4.47. The van der Waals surface area contributed by atoms with Crippen molar-refractivity contribution in [3.8, 4) is 0 Å². The molecule has 0 spiro atoms. The topological polar surface area (TPSA) is 34.9 Å². The average Bonchev–Trinajstić information content (AvgIpc) is 3.10. The first-order valence-electron chi connectivity index (χ1n) is 7.60. The van der Waals surface area contributed by atoms with Gasteiger partial charge in [-0.15, -0.1) is 11.3 Å². The molecule has 2 aromatic heterocycles. The third-order valence-electron chi connectivity index (χ3n) is 4.36. The van der Waals surface area contributed by atoms with Gasteiger partial charge >= 0.3 is 6.18 Å². The van der Waals surface area contributed by atoms with Gasteiger partial charge in [-0.25, -0.2) is 4.98 Å². The predicted molar refractivity (Wildman–Crippen MR) is 86.5 cm³/mol. The van der Waals surface area contributed by atoms with Crippen LogP contribution in [0.15, 0.2) is 35.4 Å². The zero-order chi connectivity index (χ0) is 16.9. The molecule has 0 saturated carbocycles. The lowest BCUT2D eigenvalue weighted by Crippen LogP contribution is -2.22. The number of rotatable bonds is 2. The Morgan fingerprint density at radius 1 is 1.21 bits per heavy atom. The van der Waals surface area contributed by atoms with Crippen LogP contribution in [0.2, 0.25) is 0 Å². The summed E-state index contributed by atoms with van der Waals surface area (Å²) >= 11 is 1.52. The van der Waals surface area contributed by atoms with E-state index >= 15 is 0 Å².